The van der Waals surface area contributed by atoms with Crippen LogP contribution in [-0.2, 0) is 16.1 Å². The fourth-order valence-corrected chi connectivity index (χ4v) is 2.38. The molecule has 19 heavy (non-hydrogen) atoms. The number of amides is 1. The molecule has 1 heterocycles. The second-order valence-corrected chi connectivity index (χ2v) is 5.14. The summed E-state index contributed by atoms with van der Waals surface area (Å²) >= 11 is 3.01. The lowest BCUT2D eigenvalue weighted by Gasteiger charge is -2.33. The average Bonchev–Trinajstić information content (AvgIpc) is 2.39. The Hall–Kier alpha value is -1.05. The fourth-order valence-electron chi connectivity index (χ4n) is 2.01. The van der Waals surface area contributed by atoms with Crippen LogP contribution in [-0.4, -0.2) is 36.6 Å². The number of carbonyl (C=O) groups excluding carboxylic acids is 1. The number of hydrogen-bond donors (Lipinski definition) is 1. The van der Waals surface area contributed by atoms with E-state index in [9.17, 15) is 13.6 Å². The lowest BCUT2D eigenvalue weighted by Crippen LogP contribution is -2.52. The molecule has 1 aliphatic rings. The van der Waals surface area contributed by atoms with Crippen molar-refractivity contribution in [1.82, 2.24) is 4.90 Å². The summed E-state index contributed by atoms with van der Waals surface area (Å²) in [5.74, 6) is -1.86. The third-order valence-electron chi connectivity index (χ3n) is 3.07. The molecule has 0 saturated carbocycles. The van der Waals surface area contributed by atoms with Crippen molar-refractivity contribution in [3.8, 4) is 0 Å². The van der Waals surface area contributed by atoms with Crippen LogP contribution in [0.3, 0.4) is 0 Å². The first-order valence-electron chi connectivity index (χ1n) is 5.74. The summed E-state index contributed by atoms with van der Waals surface area (Å²) in [5, 5.41) is 0. The van der Waals surface area contributed by atoms with Crippen molar-refractivity contribution in [3.63, 3.8) is 0 Å². The molecule has 104 valence electrons. The maximum absolute atomic E-state index is 13.9. The van der Waals surface area contributed by atoms with Crippen LogP contribution >= 0.6 is 15.9 Å². The number of nitrogens with zero attached hydrogens (tertiary/aromatic N) is 1. The molecule has 1 fully saturated rings. The van der Waals surface area contributed by atoms with Gasteiger partial charge in [-0.3, -0.25) is 9.69 Å². The number of morpholine rings is 1. The van der Waals surface area contributed by atoms with Gasteiger partial charge >= 0.3 is 0 Å². The lowest BCUT2D eigenvalue weighted by atomic mass is 10.1. The third kappa shape index (κ3) is 3.10. The lowest BCUT2D eigenvalue weighted by molar-refractivity contribution is -0.129. The summed E-state index contributed by atoms with van der Waals surface area (Å²) < 4.78 is 32.9. The number of primary amides is 1. The van der Waals surface area contributed by atoms with Crippen molar-refractivity contribution >= 4 is 21.8 Å². The van der Waals surface area contributed by atoms with Crippen LogP contribution < -0.4 is 5.73 Å². The average molecular weight is 335 g/mol. The van der Waals surface area contributed by atoms with Crippen LogP contribution in [0.1, 0.15) is 5.56 Å². The van der Waals surface area contributed by atoms with Gasteiger partial charge in [0.05, 0.1) is 17.7 Å². The fraction of sp³-hybridized carbons (Fsp3) is 0.417. The molecule has 0 aliphatic carbocycles. The molecule has 4 nitrogen and oxygen atoms in total. The second kappa shape index (κ2) is 5.94. The Bertz CT molecular complexity index is 499. The van der Waals surface area contributed by atoms with E-state index in [1.54, 1.807) is 4.90 Å². The van der Waals surface area contributed by atoms with Gasteiger partial charge in [-0.05, 0) is 28.1 Å². The summed E-state index contributed by atoms with van der Waals surface area (Å²) in [7, 11) is 0. The molecule has 1 aromatic carbocycles. The molecule has 0 radical (unpaired) electrons. The zero-order valence-electron chi connectivity index (χ0n) is 10.0. The summed E-state index contributed by atoms with van der Waals surface area (Å²) in [6.07, 6.45) is 0. The van der Waals surface area contributed by atoms with Gasteiger partial charge in [0.1, 0.15) is 17.7 Å². The minimum atomic E-state index is -0.661. The Kier molecular flexibility index (Phi) is 4.49. The summed E-state index contributed by atoms with van der Waals surface area (Å²) in [6, 6.07) is 1.83. The van der Waals surface area contributed by atoms with Gasteiger partial charge in [-0.1, -0.05) is 0 Å². The molecule has 1 aromatic rings. The highest BCUT2D eigenvalue weighted by Crippen LogP contribution is 2.24. The van der Waals surface area contributed by atoms with E-state index in [1.807, 2.05) is 0 Å². The Morgan fingerprint density at radius 2 is 2.26 bits per heavy atom. The Morgan fingerprint density at radius 1 is 1.53 bits per heavy atom. The van der Waals surface area contributed by atoms with Gasteiger partial charge in [-0.2, -0.15) is 0 Å². The van der Waals surface area contributed by atoms with E-state index in [-0.39, 0.29) is 23.2 Å². The zero-order chi connectivity index (χ0) is 14.0. The van der Waals surface area contributed by atoms with Gasteiger partial charge in [0, 0.05) is 18.7 Å². The summed E-state index contributed by atoms with van der Waals surface area (Å²) in [4.78, 5) is 12.9. The monoisotopic (exact) mass is 334 g/mol. The normalized spacial score (nSPS) is 20.5. The van der Waals surface area contributed by atoms with Crippen LogP contribution in [0, 0.1) is 11.6 Å². The van der Waals surface area contributed by atoms with Crippen LogP contribution in [0.2, 0.25) is 0 Å². The molecule has 2 N–H and O–H groups in total. The van der Waals surface area contributed by atoms with E-state index in [2.05, 4.69) is 15.9 Å². The number of benzene rings is 1. The number of carbonyl (C=O) groups is 1. The topological polar surface area (TPSA) is 55.6 Å². The second-order valence-electron chi connectivity index (χ2n) is 4.29. The first-order chi connectivity index (χ1) is 9.00. The van der Waals surface area contributed by atoms with E-state index in [4.69, 9.17) is 10.5 Å². The van der Waals surface area contributed by atoms with E-state index in [0.717, 1.165) is 0 Å². The molecule has 0 aromatic heterocycles. The smallest absolute Gasteiger partial charge is 0.237 e. The van der Waals surface area contributed by atoms with E-state index in [0.29, 0.717) is 13.2 Å². The summed E-state index contributed by atoms with van der Waals surface area (Å²) in [6.45, 7) is 0.931. The first kappa shape index (κ1) is 14.4. The molecule has 1 amide bonds. The Labute approximate surface area is 117 Å². The maximum atomic E-state index is 13.9. The number of ether oxygens (including phenoxy) is 1. The maximum Gasteiger partial charge on any atom is 0.237 e. The highest BCUT2D eigenvalue weighted by Gasteiger charge is 2.29. The highest BCUT2D eigenvalue weighted by molar-refractivity contribution is 9.10. The molecule has 0 spiro atoms. The van der Waals surface area contributed by atoms with Crippen molar-refractivity contribution in [2.45, 2.75) is 12.6 Å². The molecule has 1 atom stereocenters. The standard InChI is InChI=1S/C12H13BrF2N2O2/c13-8-1-2-9(14)7(11(8)15)5-17-3-4-19-6-10(17)12(16)18/h1-2,10H,3-6H2,(H2,16,18). The third-order valence-corrected chi connectivity index (χ3v) is 3.68. The zero-order valence-corrected chi connectivity index (χ0v) is 11.6. The van der Waals surface area contributed by atoms with Crippen LogP contribution in [0.4, 0.5) is 8.78 Å². The van der Waals surface area contributed by atoms with Crippen molar-refractivity contribution < 1.29 is 18.3 Å². The van der Waals surface area contributed by atoms with Gasteiger partial charge in [0.2, 0.25) is 5.91 Å². The minimum Gasteiger partial charge on any atom is -0.378 e. The first-order valence-corrected chi connectivity index (χ1v) is 6.53. The molecule has 1 saturated heterocycles. The van der Waals surface area contributed by atoms with Gasteiger partial charge in [0.15, 0.2) is 0 Å². The quantitative estimate of drug-likeness (QED) is 0.850. The molecule has 2 rings (SSSR count). The molecular formula is C12H13BrF2N2O2. The number of rotatable bonds is 3. The van der Waals surface area contributed by atoms with Crippen LogP contribution in [0.25, 0.3) is 0 Å². The van der Waals surface area contributed by atoms with E-state index >= 15 is 0 Å². The van der Waals surface area contributed by atoms with Gasteiger partial charge in [-0.15, -0.1) is 0 Å². The van der Waals surface area contributed by atoms with Gasteiger partial charge < -0.3 is 10.5 Å². The number of halogens is 3. The molecule has 1 unspecified atom stereocenters. The van der Waals surface area contributed by atoms with E-state index < -0.39 is 23.6 Å². The van der Waals surface area contributed by atoms with E-state index in [1.165, 1.54) is 12.1 Å². The predicted octanol–water partition coefficient (Wildman–Crippen LogP) is 1.41. The molecule has 7 heteroatoms. The summed E-state index contributed by atoms with van der Waals surface area (Å²) in [5.41, 5.74) is 5.18. The van der Waals surface area contributed by atoms with Gasteiger partial charge in [0.25, 0.3) is 0 Å². The highest BCUT2D eigenvalue weighted by atomic mass is 79.9. The minimum absolute atomic E-state index is 0.0198. The molecule has 1 aliphatic heterocycles. The number of nitrogens with two attached hydrogens (primary N) is 1. The molecular weight excluding hydrogens is 322 g/mol. The molecule has 0 bridgehead atoms. The van der Waals surface area contributed by atoms with Gasteiger partial charge in [-0.25, -0.2) is 8.78 Å². The number of hydrogen-bond acceptors (Lipinski definition) is 3. The largest absolute Gasteiger partial charge is 0.378 e. The van der Waals surface area contributed by atoms with Crippen LogP contribution in [0.15, 0.2) is 16.6 Å². The Morgan fingerprint density at radius 3 is 2.95 bits per heavy atom. The Balaban J connectivity index is 2.24. The van der Waals surface area contributed by atoms with Crippen molar-refractivity contribution in [2.24, 2.45) is 5.73 Å². The van der Waals surface area contributed by atoms with Crippen molar-refractivity contribution in [1.29, 1.82) is 0 Å². The van der Waals surface area contributed by atoms with Crippen molar-refractivity contribution in [2.75, 3.05) is 19.8 Å². The van der Waals surface area contributed by atoms with Crippen molar-refractivity contribution in [3.05, 3.63) is 33.8 Å². The SMILES string of the molecule is NC(=O)C1COCCN1Cc1c(F)ccc(Br)c1F. The van der Waals surface area contributed by atoms with Crippen LogP contribution in [0.5, 0.6) is 0 Å². The predicted molar refractivity (Wildman–Crippen MR) is 68.3 cm³/mol.